The van der Waals surface area contributed by atoms with Gasteiger partial charge in [-0.25, -0.2) is 4.39 Å². The monoisotopic (exact) mass is 277 g/mol. The maximum absolute atomic E-state index is 13.6. The molecule has 1 aromatic rings. The number of methoxy groups -OCH3 is 1. The quantitative estimate of drug-likeness (QED) is 0.839. The van der Waals surface area contributed by atoms with Crippen LogP contribution in [0.2, 0.25) is 0 Å². The van der Waals surface area contributed by atoms with Crippen LogP contribution in [0.15, 0.2) is 16.6 Å². The average molecular weight is 278 g/mol. The van der Waals surface area contributed by atoms with E-state index in [1.165, 1.54) is 0 Å². The van der Waals surface area contributed by atoms with E-state index >= 15 is 0 Å². The highest BCUT2D eigenvalue weighted by atomic mass is 79.9. The maximum Gasteiger partial charge on any atom is 0.179 e. The highest BCUT2D eigenvalue weighted by molar-refractivity contribution is 9.10. The summed E-state index contributed by atoms with van der Waals surface area (Å²) in [5.41, 5.74) is 6.15. The Hall–Kier alpha value is -0.650. The molecule has 0 aromatic heterocycles. The second-order valence-electron chi connectivity index (χ2n) is 2.90. The summed E-state index contributed by atoms with van der Waals surface area (Å²) in [4.78, 5) is 0. The Morgan fingerprint density at radius 2 is 2.13 bits per heavy atom. The first-order chi connectivity index (χ1) is 7.20. The van der Waals surface area contributed by atoms with Crippen molar-refractivity contribution in [3.05, 3.63) is 28.0 Å². The molecule has 0 unspecified atom stereocenters. The molecule has 0 heterocycles. The van der Waals surface area contributed by atoms with Gasteiger partial charge in [0.15, 0.2) is 11.6 Å². The van der Waals surface area contributed by atoms with Crippen LogP contribution in [0.4, 0.5) is 4.39 Å². The summed E-state index contributed by atoms with van der Waals surface area (Å²) >= 11 is 3.13. The van der Waals surface area contributed by atoms with Gasteiger partial charge in [0.1, 0.15) is 6.61 Å². The molecular formula is C10H13BrFNO2. The van der Waals surface area contributed by atoms with Crippen LogP contribution < -0.4 is 10.5 Å². The number of hydrogen-bond donors (Lipinski definition) is 1. The van der Waals surface area contributed by atoms with Crippen molar-refractivity contribution in [1.29, 1.82) is 0 Å². The molecule has 0 radical (unpaired) electrons. The predicted octanol–water partition coefficient (Wildman–Crippen LogP) is 2.07. The number of hydrogen-bond acceptors (Lipinski definition) is 3. The molecule has 84 valence electrons. The zero-order valence-corrected chi connectivity index (χ0v) is 10.0. The van der Waals surface area contributed by atoms with Crippen LogP contribution in [0, 0.1) is 5.82 Å². The Morgan fingerprint density at radius 3 is 2.73 bits per heavy atom. The molecule has 2 N–H and O–H groups in total. The summed E-state index contributed by atoms with van der Waals surface area (Å²) in [6, 6.07) is 3.30. The molecular weight excluding hydrogens is 265 g/mol. The Kier molecular flexibility index (Phi) is 5.01. The van der Waals surface area contributed by atoms with Crippen molar-refractivity contribution in [2.24, 2.45) is 5.73 Å². The number of halogens is 2. The van der Waals surface area contributed by atoms with Crippen LogP contribution in [-0.2, 0) is 11.3 Å². The van der Waals surface area contributed by atoms with Crippen LogP contribution in [0.5, 0.6) is 5.75 Å². The molecule has 0 aliphatic rings. The number of nitrogens with two attached hydrogens (primary N) is 1. The van der Waals surface area contributed by atoms with Gasteiger partial charge in [0, 0.05) is 13.7 Å². The van der Waals surface area contributed by atoms with Crippen LogP contribution in [0.3, 0.4) is 0 Å². The van der Waals surface area contributed by atoms with E-state index in [1.54, 1.807) is 19.2 Å². The second kappa shape index (κ2) is 6.05. The number of ether oxygens (including phenoxy) is 2. The van der Waals surface area contributed by atoms with E-state index in [1.807, 2.05) is 0 Å². The Balaban J connectivity index is 2.77. The first-order valence-corrected chi connectivity index (χ1v) is 5.28. The largest absolute Gasteiger partial charge is 0.488 e. The van der Waals surface area contributed by atoms with Crippen LogP contribution >= 0.6 is 15.9 Å². The molecule has 15 heavy (non-hydrogen) atoms. The van der Waals surface area contributed by atoms with Crippen molar-refractivity contribution in [3.63, 3.8) is 0 Å². The van der Waals surface area contributed by atoms with E-state index in [0.717, 1.165) is 0 Å². The van der Waals surface area contributed by atoms with Crippen molar-refractivity contribution in [2.45, 2.75) is 6.54 Å². The van der Waals surface area contributed by atoms with Crippen LogP contribution in [0.25, 0.3) is 0 Å². The van der Waals surface area contributed by atoms with Crippen molar-refractivity contribution < 1.29 is 13.9 Å². The van der Waals surface area contributed by atoms with E-state index in [9.17, 15) is 4.39 Å². The Labute approximate surface area is 96.5 Å². The molecule has 0 aliphatic heterocycles. The fraction of sp³-hybridized carbons (Fsp3) is 0.400. The summed E-state index contributed by atoms with van der Waals surface area (Å²) in [5, 5.41) is 0. The average Bonchev–Trinajstić information content (AvgIpc) is 2.25. The van der Waals surface area contributed by atoms with Gasteiger partial charge in [-0.2, -0.15) is 0 Å². The lowest BCUT2D eigenvalue weighted by Gasteiger charge is -2.09. The molecule has 5 heteroatoms. The fourth-order valence-corrected chi connectivity index (χ4v) is 1.57. The lowest BCUT2D eigenvalue weighted by molar-refractivity contribution is 0.143. The van der Waals surface area contributed by atoms with Crippen LogP contribution in [0.1, 0.15) is 5.56 Å². The summed E-state index contributed by atoms with van der Waals surface area (Å²) < 4.78 is 24.0. The molecule has 0 saturated carbocycles. The van der Waals surface area contributed by atoms with Gasteiger partial charge in [0.2, 0.25) is 0 Å². The molecule has 3 nitrogen and oxygen atoms in total. The standard InChI is InChI=1S/C10H13BrFNO2/c1-14-4-5-15-8-3-2-7(6-13)9(11)10(8)12/h2-3H,4-6,13H2,1H3. The molecule has 0 saturated heterocycles. The Morgan fingerprint density at radius 1 is 1.40 bits per heavy atom. The third-order valence-corrected chi connectivity index (χ3v) is 2.75. The zero-order valence-electron chi connectivity index (χ0n) is 8.43. The molecule has 0 aliphatic carbocycles. The SMILES string of the molecule is COCCOc1ccc(CN)c(Br)c1F. The van der Waals surface area contributed by atoms with E-state index < -0.39 is 5.82 Å². The van der Waals surface area contributed by atoms with Crippen LogP contribution in [-0.4, -0.2) is 20.3 Å². The van der Waals surface area contributed by atoms with Gasteiger partial charge >= 0.3 is 0 Å². The maximum atomic E-state index is 13.6. The molecule has 1 rings (SSSR count). The fourth-order valence-electron chi connectivity index (χ4n) is 1.08. The third kappa shape index (κ3) is 3.15. The lowest BCUT2D eigenvalue weighted by Crippen LogP contribution is -2.07. The minimum Gasteiger partial charge on any atom is -0.488 e. The van der Waals surface area contributed by atoms with Gasteiger partial charge in [-0.05, 0) is 27.6 Å². The Bertz CT molecular complexity index is 333. The van der Waals surface area contributed by atoms with Crippen molar-refractivity contribution >= 4 is 15.9 Å². The minimum absolute atomic E-state index is 0.205. The minimum atomic E-state index is -0.422. The van der Waals surface area contributed by atoms with Gasteiger partial charge in [-0.3, -0.25) is 0 Å². The summed E-state index contributed by atoms with van der Waals surface area (Å²) in [6.45, 7) is 1.04. The van der Waals surface area contributed by atoms with E-state index in [2.05, 4.69) is 15.9 Å². The first kappa shape index (κ1) is 12.4. The topological polar surface area (TPSA) is 44.5 Å². The molecule has 0 bridgehead atoms. The van der Waals surface area contributed by atoms with Gasteiger partial charge in [0.05, 0.1) is 11.1 Å². The van der Waals surface area contributed by atoms with Gasteiger partial charge in [-0.15, -0.1) is 0 Å². The smallest absolute Gasteiger partial charge is 0.179 e. The lowest BCUT2D eigenvalue weighted by atomic mass is 10.2. The van der Waals surface area contributed by atoms with Gasteiger partial charge < -0.3 is 15.2 Å². The highest BCUT2D eigenvalue weighted by Crippen LogP contribution is 2.28. The highest BCUT2D eigenvalue weighted by Gasteiger charge is 2.11. The molecule has 0 amide bonds. The normalized spacial score (nSPS) is 10.4. The van der Waals surface area contributed by atoms with Gasteiger partial charge in [-0.1, -0.05) is 6.07 Å². The first-order valence-electron chi connectivity index (χ1n) is 4.49. The molecule has 1 aromatic carbocycles. The number of rotatable bonds is 5. The molecule has 0 atom stereocenters. The summed E-state index contributed by atoms with van der Waals surface area (Å²) in [5.74, 6) is -0.217. The van der Waals surface area contributed by atoms with E-state index in [4.69, 9.17) is 15.2 Å². The molecule has 0 fully saturated rings. The van der Waals surface area contributed by atoms with Gasteiger partial charge in [0.25, 0.3) is 0 Å². The second-order valence-corrected chi connectivity index (χ2v) is 3.69. The third-order valence-electron chi connectivity index (χ3n) is 1.89. The summed E-state index contributed by atoms with van der Waals surface area (Å²) in [6.07, 6.45) is 0. The molecule has 0 spiro atoms. The van der Waals surface area contributed by atoms with E-state index in [-0.39, 0.29) is 12.3 Å². The predicted molar refractivity (Wildman–Crippen MR) is 59.4 cm³/mol. The van der Waals surface area contributed by atoms with Crippen molar-refractivity contribution in [2.75, 3.05) is 20.3 Å². The van der Waals surface area contributed by atoms with Crippen molar-refractivity contribution in [3.8, 4) is 5.75 Å². The van der Waals surface area contributed by atoms with Crippen molar-refractivity contribution in [1.82, 2.24) is 0 Å². The van der Waals surface area contributed by atoms with E-state index in [0.29, 0.717) is 23.2 Å². The number of benzene rings is 1. The summed E-state index contributed by atoms with van der Waals surface area (Å²) in [7, 11) is 1.56. The zero-order chi connectivity index (χ0) is 11.3.